The number of piperazine rings is 1. The maximum Gasteiger partial charge on any atom is 0.414 e. The number of pyridine rings is 1. The van der Waals surface area contributed by atoms with Gasteiger partial charge in [0.1, 0.15) is 28.7 Å². The summed E-state index contributed by atoms with van der Waals surface area (Å²) in [6.45, 7) is 2.96. The van der Waals surface area contributed by atoms with E-state index in [9.17, 15) is 24.3 Å². The number of carbonyl (C=O) groups excluding carboxylic acids is 2. The van der Waals surface area contributed by atoms with Crippen molar-refractivity contribution in [2.75, 3.05) is 72.8 Å². The first-order valence-electron chi connectivity index (χ1n) is 13.5. The molecule has 3 aliphatic heterocycles. The lowest BCUT2D eigenvalue weighted by molar-refractivity contribution is -0.119. The van der Waals surface area contributed by atoms with Crippen LogP contribution in [0.1, 0.15) is 17.3 Å². The van der Waals surface area contributed by atoms with Gasteiger partial charge in [-0.3, -0.25) is 24.2 Å². The predicted molar refractivity (Wildman–Crippen MR) is 152 cm³/mol. The van der Waals surface area contributed by atoms with Crippen LogP contribution in [0, 0.1) is 11.6 Å². The van der Waals surface area contributed by atoms with Crippen LogP contribution in [0.15, 0.2) is 35.3 Å². The molecule has 2 aromatic carbocycles. The molecule has 6 rings (SSSR count). The van der Waals surface area contributed by atoms with Gasteiger partial charge in [0, 0.05) is 46.3 Å². The van der Waals surface area contributed by atoms with Crippen LogP contribution in [-0.4, -0.2) is 86.9 Å². The van der Waals surface area contributed by atoms with E-state index in [0.29, 0.717) is 37.6 Å². The van der Waals surface area contributed by atoms with Crippen molar-refractivity contribution in [3.63, 3.8) is 0 Å². The maximum atomic E-state index is 15.6. The molecule has 3 aliphatic rings. The van der Waals surface area contributed by atoms with Gasteiger partial charge in [-0.05, 0) is 24.3 Å². The number of cyclic esters (lactones) is 1. The number of hydrogen-bond donors (Lipinski definition) is 2. The van der Waals surface area contributed by atoms with Crippen LogP contribution >= 0.6 is 0 Å². The Bertz CT molecular complexity index is 1720. The number of aromatic carboxylic acids is 1. The summed E-state index contributed by atoms with van der Waals surface area (Å²) in [6, 6.07) is 5.49. The van der Waals surface area contributed by atoms with Gasteiger partial charge in [0.2, 0.25) is 11.3 Å². The fourth-order valence-corrected chi connectivity index (χ4v) is 5.66. The van der Waals surface area contributed by atoms with Crippen LogP contribution in [0.3, 0.4) is 0 Å². The summed E-state index contributed by atoms with van der Waals surface area (Å²) >= 11 is 0. The number of carbonyl (C=O) groups is 3. The van der Waals surface area contributed by atoms with Gasteiger partial charge in [-0.25, -0.2) is 18.4 Å². The van der Waals surface area contributed by atoms with Crippen LogP contribution in [0.4, 0.5) is 30.6 Å². The molecule has 0 saturated carbocycles. The zero-order valence-corrected chi connectivity index (χ0v) is 23.3. The highest BCUT2D eigenvalue weighted by Crippen LogP contribution is 2.40. The van der Waals surface area contributed by atoms with Gasteiger partial charge in [0.05, 0.1) is 29.9 Å². The molecular weight excluding hydrogens is 570 g/mol. The van der Waals surface area contributed by atoms with Gasteiger partial charge in [-0.2, -0.15) is 0 Å². The van der Waals surface area contributed by atoms with E-state index in [0.717, 1.165) is 6.07 Å². The van der Waals surface area contributed by atoms with Crippen molar-refractivity contribution in [1.82, 2.24) is 9.99 Å². The Kier molecular flexibility index (Phi) is 6.94. The second-order valence-electron chi connectivity index (χ2n) is 10.5. The van der Waals surface area contributed by atoms with Crippen molar-refractivity contribution < 1.29 is 37.7 Å². The third-order valence-corrected chi connectivity index (χ3v) is 7.78. The van der Waals surface area contributed by atoms with Crippen molar-refractivity contribution in [1.29, 1.82) is 0 Å². The molecule has 15 heteroatoms. The Morgan fingerprint density at radius 2 is 1.79 bits per heavy atom. The van der Waals surface area contributed by atoms with Crippen molar-refractivity contribution >= 4 is 45.9 Å². The maximum absolute atomic E-state index is 15.6. The summed E-state index contributed by atoms with van der Waals surface area (Å²) in [4.78, 5) is 52.9. The highest BCUT2D eigenvalue weighted by atomic mass is 19.1. The quantitative estimate of drug-likeness (QED) is 0.431. The number of carboxylic acids is 1. The second-order valence-corrected chi connectivity index (χ2v) is 10.5. The van der Waals surface area contributed by atoms with Gasteiger partial charge < -0.3 is 29.7 Å². The third kappa shape index (κ3) is 4.89. The van der Waals surface area contributed by atoms with Crippen molar-refractivity contribution in [3.05, 3.63) is 57.9 Å². The molecule has 226 valence electrons. The molecule has 2 N–H and O–H groups in total. The summed E-state index contributed by atoms with van der Waals surface area (Å²) in [7, 11) is 1.65. The third-order valence-electron chi connectivity index (χ3n) is 7.78. The van der Waals surface area contributed by atoms with Crippen molar-refractivity contribution in [2.24, 2.45) is 0 Å². The normalized spacial score (nSPS) is 18.1. The number of halogens is 2. The van der Waals surface area contributed by atoms with Gasteiger partial charge in [0.25, 0.3) is 0 Å². The van der Waals surface area contributed by atoms with Gasteiger partial charge in [0.15, 0.2) is 18.3 Å². The number of ether oxygens (including phenoxy) is 2. The molecular formula is C28H28F2N6O7. The van der Waals surface area contributed by atoms with E-state index in [2.05, 4.69) is 5.32 Å². The number of hydrogen-bond acceptors (Lipinski definition) is 9. The number of rotatable bonds is 6. The van der Waals surface area contributed by atoms with Crippen LogP contribution in [0.2, 0.25) is 0 Å². The average molecular weight is 599 g/mol. The van der Waals surface area contributed by atoms with E-state index in [1.54, 1.807) is 29.1 Å². The Morgan fingerprint density at radius 3 is 2.47 bits per heavy atom. The summed E-state index contributed by atoms with van der Waals surface area (Å²) in [5.41, 5.74) is -0.227. The molecule has 0 spiro atoms. The molecule has 0 radical (unpaired) electrons. The largest absolute Gasteiger partial charge is 0.477 e. The first kappa shape index (κ1) is 28.1. The number of benzene rings is 2. The summed E-state index contributed by atoms with van der Waals surface area (Å²) in [5, 5.41) is 13.5. The lowest BCUT2D eigenvalue weighted by Gasteiger charge is -2.39. The van der Waals surface area contributed by atoms with E-state index >= 15 is 8.78 Å². The molecule has 43 heavy (non-hydrogen) atoms. The Balaban J connectivity index is 1.21. The number of anilines is 3. The zero-order valence-electron chi connectivity index (χ0n) is 23.3. The Hall–Kier alpha value is -5.08. The van der Waals surface area contributed by atoms with Gasteiger partial charge in [-0.1, -0.05) is 0 Å². The molecule has 1 atom stereocenters. The van der Waals surface area contributed by atoms with E-state index < -0.39 is 40.8 Å². The monoisotopic (exact) mass is 598 g/mol. The lowest BCUT2D eigenvalue weighted by atomic mass is 10.1. The standard InChI is InChI=1S/C28H28F2N6O7/c1-15(37)31-11-17-12-35(28(41)43-17)16-3-4-22(20(29)9-16)33-5-7-34(8-6-33)24-21(30)10-18-23-26(24)42-14-32(2)36(23)13-19(25(18)38)27(39)40/h3-4,9-10,13,17H,5-8,11-12,14H2,1-2H3,(H,31,37)(H,39,40). The number of nitrogens with zero attached hydrogens (tertiary/aromatic N) is 5. The smallest absolute Gasteiger partial charge is 0.414 e. The molecule has 3 aromatic rings. The molecule has 0 aliphatic carbocycles. The minimum Gasteiger partial charge on any atom is -0.477 e. The fourth-order valence-electron chi connectivity index (χ4n) is 5.66. The van der Waals surface area contributed by atoms with Crippen LogP contribution < -0.4 is 35.2 Å². The minimum atomic E-state index is -1.41. The first-order chi connectivity index (χ1) is 20.5. The number of aromatic nitrogens is 1. The highest BCUT2D eigenvalue weighted by molar-refractivity contribution is 5.97. The van der Waals surface area contributed by atoms with Crippen LogP contribution in [0.5, 0.6) is 5.75 Å². The molecule has 2 amide bonds. The van der Waals surface area contributed by atoms with Gasteiger partial charge in [-0.15, -0.1) is 0 Å². The van der Waals surface area contributed by atoms with E-state index in [1.165, 1.54) is 28.8 Å². The first-order valence-corrected chi connectivity index (χ1v) is 13.5. The van der Waals surface area contributed by atoms with E-state index in [-0.39, 0.29) is 48.1 Å². The Labute approximate surface area is 243 Å². The summed E-state index contributed by atoms with van der Waals surface area (Å²) in [6.07, 6.45) is 0.0255. The van der Waals surface area contributed by atoms with Crippen molar-refractivity contribution in [3.8, 4) is 5.75 Å². The molecule has 2 fully saturated rings. The summed E-state index contributed by atoms with van der Waals surface area (Å²) < 4.78 is 43.5. The average Bonchev–Trinajstić information content (AvgIpc) is 3.35. The fraction of sp³-hybridized carbons (Fsp3) is 0.357. The van der Waals surface area contributed by atoms with E-state index in [1.807, 2.05) is 4.90 Å². The number of nitrogens with one attached hydrogen (secondary N) is 1. The molecule has 4 heterocycles. The second kappa shape index (κ2) is 10.6. The summed E-state index contributed by atoms with van der Waals surface area (Å²) in [5.74, 6) is -2.79. The molecule has 2 saturated heterocycles. The highest BCUT2D eigenvalue weighted by Gasteiger charge is 2.34. The van der Waals surface area contributed by atoms with Crippen molar-refractivity contribution in [2.45, 2.75) is 13.0 Å². The number of amides is 2. The van der Waals surface area contributed by atoms with Crippen LogP contribution in [-0.2, 0) is 9.53 Å². The lowest BCUT2D eigenvalue weighted by Crippen LogP contribution is -2.48. The Morgan fingerprint density at radius 1 is 1.07 bits per heavy atom. The van der Waals surface area contributed by atoms with E-state index in [4.69, 9.17) is 9.47 Å². The molecule has 0 bridgehead atoms. The predicted octanol–water partition coefficient (Wildman–Crippen LogP) is 1.68. The SMILES string of the molecule is CC(=O)NCC1CN(c2ccc(N3CCN(c4c(F)cc5c(=O)c(C(=O)O)cn6c5c4OCN6C)CC3)c(F)c2)C(=O)O1. The molecule has 1 unspecified atom stereocenters. The molecule has 13 nitrogen and oxygen atoms in total. The molecule has 1 aromatic heterocycles. The topological polar surface area (TPSA) is 137 Å². The van der Waals surface area contributed by atoms with Crippen LogP contribution in [0.25, 0.3) is 10.9 Å². The zero-order chi connectivity index (χ0) is 30.6. The van der Waals surface area contributed by atoms with Gasteiger partial charge >= 0.3 is 12.1 Å². The number of carboxylic acid groups (broad SMARTS) is 1. The minimum absolute atomic E-state index is 0.00342.